The van der Waals surface area contributed by atoms with Gasteiger partial charge in [-0.3, -0.25) is 0 Å². The van der Waals surface area contributed by atoms with Crippen molar-refractivity contribution in [2.24, 2.45) is 0 Å². The van der Waals surface area contributed by atoms with Gasteiger partial charge in [-0.2, -0.15) is 0 Å². The van der Waals surface area contributed by atoms with Crippen molar-refractivity contribution in [1.29, 1.82) is 0 Å². The first-order valence-electron chi connectivity index (χ1n) is 8.50. The number of benzene rings is 2. The number of hydrogen-bond donors (Lipinski definition) is 0. The Balaban J connectivity index is 1.83. The quantitative estimate of drug-likeness (QED) is 0.256. The van der Waals surface area contributed by atoms with Gasteiger partial charge in [0, 0.05) is 4.47 Å². The van der Waals surface area contributed by atoms with Crippen molar-refractivity contribution in [1.82, 2.24) is 0 Å². The molecule has 2 aromatic carbocycles. The normalized spacial score (nSPS) is 10.5. The van der Waals surface area contributed by atoms with Gasteiger partial charge in [-0.15, -0.1) is 0 Å². The molecule has 0 atom stereocenters. The minimum Gasteiger partial charge on any atom is -0.494 e. The Morgan fingerprint density at radius 1 is 1.04 bits per heavy atom. The van der Waals surface area contributed by atoms with E-state index in [2.05, 4.69) is 22.9 Å². The molecule has 0 saturated heterocycles. The highest BCUT2D eigenvalue weighted by Crippen LogP contribution is 2.28. The minimum absolute atomic E-state index is 0.335. The van der Waals surface area contributed by atoms with Crippen molar-refractivity contribution >= 4 is 33.5 Å². The van der Waals surface area contributed by atoms with E-state index < -0.39 is 5.97 Å². The van der Waals surface area contributed by atoms with Crippen LogP contribution in [0.3, 0.4) is 0 Å². The van der Waals surface area contributed by atoms with Crippen LogP contribution in [0.5, 0.6) is 11.5 Å². The fraction of sp³-hybridized carbons (Fsp3) is 0.350. The average Bonchev–Trinajstić information content (AvgIpc) is 2.61. The van der Waals surface area contributed by atoms with Crippen molar-refractivity contribution in [2.75, 3.05) is 6.61 Å². The number of rotatable bonds is 9. The number of carbonyl (C=O) groups excluding carboxylic acids is 1. The molecule has 5 heteroatoms. The summed E-state index contributed by atoms with van der Waals surface area (Å²) >= 11 is 9.38. The van der Waals surface area contributed by atoms with Gasteiger partial charge in [0.25, 0.3) is 0 Å². The number of unbranched alkanes of at least 4 members (excludes halogenated alkanes) is 4. The van der Waals surface area contributed by atoms with E-state index in [1.165, 1.54) is 25.7 Å². The maximum atomic E-state index is 12.2. The van der Waals surface area contributed by atoms with Gasteiger partial charge in [0.2, 0.25) is 0 Å². The fourth-order valence-electron chi connectivity index (χ4n) is 2.30. The van der Waals surface area contributed by atoms with Crippen LogP contribution in [0, 0.1) is 0 Å². The zero-order valence-corrected chi connectivity index (χ0v) is 16.6. The number of ether oxygens (including phenoxy) is 2. The largest absolute Gasteiger partial charge is 0.494 e. The van der Waals surface area contributed by atoms with Gasteiger partial charge >= 0.3 is 5.97 Å². The Morgan fingerprint density at radius 3 is 2.44 bits per heavy atom. The van der Waals surface area contributed by atoms with Crippen molar-refractivity contribution in [2.45, 2.75) is 39.0 Å². The lowest BCUT2D eigenvalue weighted by Crippen LogP contribution is -2.08. The molecule has 2 aromatic rings. The first-order chi connectivity index (χ1) is 12.1. The molecule has 2 rings (SSSR count). The molecule has 0 amide bonds. The SMILES string of the molecule is CCCCCCCOc1ccc(C(=O)Oc2ccc(Br)cc2Cl)cc1. The van der Waals surface area contributed by atoms with E-state index in [-0.39, 0.29) is 0 Å². The van der Waals surface area contributed by atoms with E-state index in [9.17, 15) is 4.79 Å². The first kappa shape index (κ1) is 19.8. The summed E-state index contributed by atoms with van der Waals surface area (Å²) in [5.41, 5.74) is 0.453. The molecule has 25 heavy (non-hydrogen) atoms. The van der Waals surface area contributed by atoms with Crippen LogP contribution in [0.1, 0.15) is 49.4 Å². The number of esters is 1. The molecule has 0 spiro atoms. The van der Waals surface area contributed by atoms with Gasteiger partial charge in [0.1, 0.15) is 11.5 Å². The number of carbonyl (C=O) groups is 1. The van der Waals surface area contributed by atoms with E-state index in [4.69, 9.17) is 21.1 Å². The molecule has 0 unspecified atom stereocenters. The molecule has 0 saturated carbocycles. The van der Waals surface area contributed by atoms with Gasteiger partial charge in [0.05, 0.1) is 17.2 Å². The van der Waals surface area contributed by atoms with Crippen LogP contribution in [0.25, 0.3) is 0 Å². The van der Waals surface area contributed by atoms with Gasteiger partial charge < -0.3 is 9.47 Å². The number of hydrogen-bond acceptors (Lipinski definition) is 3. The minimum atomic E-state index is -0.449. The molecule has 0 aromatic heterocycles. The molecule has 0 heterocycles. The zero-order chi connectivity index (χ0) is 18.1. The van der Waals surface area contributed by atoms with Crippen LogP contribution in [0.15, 0.2) is 46.9 Å². The van der Waals surface area contributed by atoms with E-state index >= 15 is 0 Å². The Hall–Kier alpha value is -1.52. The summed E-state index contributed by atoms with van der Waals surface area (Å²) in [5, 5.41) is 0.380. The van der Waals surface area contributed by atoms with Crippen LogP contribution in [0.4, 0.5) is 0 Å². The first-order valence-corrected chi connectivity index (χ1v) is 9.67. The molecule has 0 N–H and O–H groups in total. The highest BCUT2D eigenvalue weighted by atomic mass is 79.9. The molecule has 0 aliphatic carbocycles. The third kappa shape index (κ3) is 6.71. The van der Waals surface area contributed by atoms with E-state index in [1.807, 2.05) is 0 Å². The lowest BCUT2D eigenvalue weighted by atomic mass is 10.2. The highest BCUT2D eigenvalue weighted by molar-refractivity contribution is 9.10. The predicted octanol–water partition coefficient (Wildman–Crippen LogP) is 6.67. The molecule has 0 aliphatic rings. The molecule has 134 valence electrons. The fourth-order valence-corrected chi connectivity index (χ4v) is 3.01. The average molecular weight is 426 g/mol. The van der Waals surface area contributed by atoms with E-state index in [0.717, 1.165) is 16.6 Å². The van der Waals surface area contributed by atoms with Crippen molar-refractivity contribution in [3.8, 4) is 11.5 Å². The Labute approximate surface area is 162 Å². The van der Waals surface area contributed by atoms with Gasteiger partial charge in [-0.1, -0.05) is 60.1 Å². The molecule has 0 fully saturated rings. The van der Waals surface area contributed by atoms with Gasteiger partial charge in [-0.25, -0.2) is 4.79 Å². The summed E-state index contributed by atoms with van der Waals surface area (Å²) in [4.78, 5) is 12.2. The zero-order valence-electron chi connectivity index (χ0n) is 14.3. The van der Waals surface area contributed by atoms with E-state index in [1.54, 1.807) is 42.5 Å². The van der Waals surface area contributed by atoms with Crippen molar-refractivity contribution in [3.05, 3.63) is 57.5 Å². The van der Waals surface area contributed by atoms with Gasteiger partial charge in [-0.05, 0) is 48.9 Å². The van der Waals surface area contributed by atoms with Crippen LogP contribution in [0.2, 0.25) is 5.02 Å². The maximum absolute atomic E-state index is 12.2. The van der Waals surface area contributed by atoms with Crippen molar-refractivity contribution in [3.63, 3.8) is 0 Å². The molecular formula is C20H22BrClO3. The summed E-state index contributed by atoms with van der Waals surface area (Å²) in [6.07, 6.45) is 6.00. The standard InChI is InChI=1S/C20H22BrClO3/c1-2-3-4-5-6-13-24-17-10-7-15(8-11-17)20(23)25-19-12-9-16(21)14-18(19)22/h7-12,14H,2-6,13H2,1H3. The third-order valence-electron chi connectivity index (χ3n) is 3.70. The second-order valence-corrected chi connectivity index (χ2v) is 7.07. The Morgan fingerprint density at radius 2 is 1.76 bits per heavy atom. The molecule has 3 nitrogen and oxygen atoms in total. The maximum Gasteiger partial charge on any atom is 0.343 e. The predicted molar refractivity (Wildman–Crippen MR) is 105 cm³/mol. The smallest absolute Gasteiger partial charge is 0.343 e. The lowest BCUT2D eigenvalue weighted by Gasteiger charge is -2.08. The topological polar surface area (TPSA) is 35.5 Å². The summed E-state index contributed by atoms with van der Waals surface area (Å²) in [6.45, 7) is 2.90. The Kier molecular flexibility index (Phi) is 8.29. The highest BCUT2D eigenvalue weighted by Gasteiger charge is 2.11. The summed E-state index contributed by atoms with van der Waals surface area (Å²) in [5.74, 6) is 0.645. The van der Waals surface area contributed by atoms with Crippen LogP contribution < -0.4 is 9.47 Å². The molecular weight excluding hydrogens is 404 g/mol. The van der Waals surface area contributed by atoms with Gasteiger partial charge in [0.15, 0.2) is 0 Å². The number of halogens is 2. The van der Waals surface area contributed by atoms with Crippen molar-refractivity contribution < 1.29 is 14.3 Å². The Bertz CT molecular complexity index is 686. The van der Waals surface area contributed by atoms with Crippen LogP contribution >= 0.6 is 27.5 Å². The van der Waals surface area contributed by atoms with E-state index in [0.29, 0.717) is 22.9 Å². The summed E-state index contributed by atoms with van der Waals surface area (Å²) in [6, 6.07) is 12.1. The monoisotopic (exact) mass is 424 g/mol. The van der Waals surface area contributed by atoms with Crippen LogP contribution in [-0.2, 0) is 0 Å². The second kappa shape index (κ2) is 10.5. The molecule has 0 radical (unpaired) electrons. The molecule has 0 aliphatic heterocycles. The second-order valence-electron chi connectivity index (χ2n) is 5.75. The van der Waals surface area contributed by atoms with Crippen LogP contribution in [-0.4, -0.2) is 12.6 Å². The summed E-state index contributed by atoms with van der Waals surface area (Å²) < 4.78 is 11.8. The summed E-state index contributed by atoms with van der Waals surface area (Å²) in [7, 11) is 0. The lowest BCUT2D eigenvalue weighted by molar-refractivity contribution is 0.0735. The third-order valence-corrected chi connectivity index (χ3v) is 4.49. The molecule has 0 bridgehead atoms.